The highest BCUT2D eigenvalue weighted by molar-refractivity contribution is 6.30. The van der Waals surface area contributed by atoms with Crippen molar-refractivity contribution >= 4 is 23.3 Å². The Hall–Kier alpha value is -3.15. The first-order chi connectivity index (χ1) is 16.4. The standard InChI is InChI=1S/C22H20ClF4N3O5/c23-16-2-1-14(3-17(16)24)34-7-13(31)5-20-9-21(10-20,11-20)29-18(32)8-35-15-4-19(33)30(28-6-15)12-22(25,26)27/h1-4,6H,5,7-12H2,(H,29,32). The molecule has 13 heteroatoms. The molecule has 1 N–H and O–H groups in total. The number of Topliss-reactive ketones (excluding diaryl/α,β-unsaturated/α-hetero) is 1. The second-order valence-electron chi connectivity index (χ2n) is 9.03. The SMILES string of the molecule is O=C(COc1ccc(Cl)c(F)c1)CC12CC(NC(=O)COc3cnn(CC(F)(F)F)c(=O)c3)(C1)C2. The number of ether oxygens (including phenoxy) is 2. The van der Waals surface area contributed by atoms with Crippen LogP contribution < -0.4 is 20.3 Å². The lowest BCUT2D eigenvalue weighted by atomic mass is 9.38. The van der Waals surface area contributed by atoms with Crippen LogP contribution in [0.4, 0.5) is 17.6 Å². The molecular formula is C22H20ClF4N3O5. The molecule has 0 atom stereocenters. The van der Waals surface area contributed by atoms with Gasteiger partial charge in [0.05, 0.1) is 11.2 Å². The molecule has 3 aliphatic carbocycles. The van der Waals surface area contributed by atoms with Gasteiger partial charge in [0.2, 0.25) is 0 Å². The van der Waals surface area contributed by atoms with E-state index >= 15 is 0 Å². The van der Waals surface area contributed by atoms with E-state index in [0.717, 1.165) is 18.3 Å². The van der Waals surface area contributed by atoms with Gasteiger partial charge in [-0.25, -0.2) is 9.07 Å². The summed E-state index contributed by atoms with van der Waals surface area (Å²) >= 11 is 5.61. The Labute approximate surface area is 201 Å². The second kappa shape index (κ2) is 9.14. The molecule has 3 fully saturated rings. The summed E-state index contributed by atoms with van der Waals surface area (Å²) < 4.78 is 61.3. The quantitative estimate of drug-likeness (QED) is 0.486. The van der Waals surface area contributed by atoms with Gasteiger partial charge in [0, 0.05) is 24.1 Å². The largest absolute Gasteiger partial charge is 0.486 e. The normalized spacial score (nSPS) is 22.5. The number of rotatable bonds is 10. The summed E-state index contributed by atoms with van der Waals surface area (Å²) in [5.74, 6) is -1.16. The molecule has 2 aromatic rings. The predicted octanol–water partition coefficient (Wildman–Crippen LogP) is 3.05. The first-order valence-corrected chi connectivity index (χ1v) is 10.9. The molecule has 0 radical (unpaired) electrons. The highest BCUT2D eigenvalue weighted by Crippen LogP contribution is 2.68. The van der Waals surface area contributed by atoms with Crippen LogP contribution in [0.1, 0.15) is 25.7 Å². The number of amides is 1. The van der Waals surface area contributed by atoms with Crippen LogP contribution in [0.2, 0.25) is 5.02 Å². The number of benzene rings is 1. The van der Waals surface area contributed by atoms with E-state index in [1.165, 1.54) is 12.1 Å². The van der Waals surface area contributed by atoms with Crippen molar-refractivity contribution < 1.29 is 36.6 Å². The molecule has 0 unspecified atom stereocenters. The fraction of sp³-hybridized carbons (Fsp3) is 0.455. The third-order valence-electron chi connectivity index (χ3n) is 5.95. The number of nitrogens with zero attached hydrogens (tertiary/aromatic N) is 2. The number of alkyl halides is 3. The van der Waals surface area contributed by atoms with Crippen molar-refractivity contribution in [3.8, 4) is 11.5 Å². The van der Waals surface area contributed by atoms with Crippen LogP contribution >= 0.6 is 11.6 Å². The predicted molar refractivity (Wildman–Crippen MR) is 114 cm³/mol. The molecule has 1 aromatic heterocycles. The summed E-state index contributed by atoms with van der Waals surface area (Å²) in [6.07, 6.45) is -1.54. The van der Waals surface area contributed by atoms with Crippen molar-refractivity contribution in [2.45, 2.75) is 43.9 Å². The van der Waals surface area contributed by atoms with Crippen molar-refractivity contribution in [2.75, 3.05) is 13.2 Å². The Bertz CT molecular complexity index is 1200. The van der Waals surface area contributed by atoms with Gasteiger partial charge in [-0.05, 0) is 36.8 Å². The fourth-order valence-corrected chi connectivity index (χ4v) is 4.90. The lowest BCUT2D eigenvalue weighted by Gasteiger charge is -2.70. The van der Waals surface area contributed by atoms with Gasteiger partial charge in [-0.15, -0.1) is 0 Å². The zero-order valence-electron chi connectivity index (χ0n) is 18.2. The maximum absolute atomic E-state index is 13.4. The van der Waals surface area contributed by atoms with Crippen LogP contribution in [0.5, 0.6) is 11.5 Å². The summed E-state index contributed by atoms with van der Waals surface area (Å²) in [6, 6.07) is 4.74. The van der Waals surface area contributed by atoms with Crippen molar-refractivity contribution in [3.05, 3.63) is 51.7 Å². The van der Waals surface area contributed by atoms with Gasteiger partial charge >= 0.3 is 6.18 Å². The van der Waals surface area contributed by atoms with E-state index in [4.69, 9.17) is 21.1 Å². The van der Waals surface area contributed by atoms with E-state index in [1.54, 1.807) is 0 Å². The van der Waals surface area contributed by atoms with Crippen LogP contribution in [-0.4, -0.2) is 46.4 Å². The molecule has 35 heavy (non-hydrogen) atoms. The topological polar surface area (TPSA) is 99.5 Å². The molecule has 3 aliphatic rings. The molecule has 188 valence electrons. The summed E-state index contributed by atoms with van der Waals surface area (Å²) in [5, 5.41) is 6.19. The van der Waals surface area contributed by atoms with Crippen LogP contribution in [0.25, 0.3) is 0 Å². The van der Waals surface area contributed by atoms with E-state index in [2.05, 4.69) is 10.4 Å². The molecule has 0 aliphatic heterocycles. The number of hydrogen-bond donors (Lipinski definition) is 1. The summed E-state index contributed by atoms with van der Waals surface area (Å²) in [6.45, 7) is -2.17. The van der Waals surface area contributed by atoms with Gasteiger partial charge in [-0.3, -0.25) is 14.4 Å². The van der Waals surface area contributed by atoms with Gasteiger partial charge in [0.25, 0.3) is 11.5 Å². The number of ketones is 1. The van der Waals surface area contributed by atoms with Crippen LogP contribution in [0.15, 0.2) is 35.3 Å². The van der Waals surface area contributed by atoms with E-state index in [-0.39, 0.29) is 45.4 Å². The smallest absolute Gasteiger partial charge is 0.408 e. The Morgan fingerprint density at radius 1 is 1.11 bits per heavy atom. The Morgan fingerprint density at radius 3 is 2.43 bits per heavy atom. The molecule has 3 saturated carbocycles. The zero-order chi connectivity index (χ0) is 25.4. The minimum absolute atomic E-state index is 0.0417. The first-order valence-electron chi connectivity index (χ1n) is 10.5. The Morgan fingerprint density at radius 2 is 1.80 bits per heavy atom. The molecule has 1 amide bonds. The molecule has 0 spiro atoms. The average Bonchev–Trinajstić information content (AvgIpc) is 2.71. The van der Waals surface area contributed by atoms with Gasteiger partial charge < -0.3 is 14.8 Å². The van der Waals surface area contributed by atoms with E-state index in [9.17, 15) is 31.9 Å². The maximum Gasteiger partial charge on any atom is 0.408 e. The number of aromatic nitrogens is 2. The molecule has 1 heterocycles. The minimum atomic E-state index is -4.59. The Balaban J connectivity index is 1.17. The lowest BCUT2D eigenvalue weighted by Crippen LogP contribution is -2.75. The van der Waals surface area contributed by atoms with Gasteiger partial charge in [-0.1, -0.05) is 11.6 Å². The molecule has 1 aromatic carbocycles. The highest BCUT2D eigenvalue weighted by atomic mass is 35.5. The summed E-state index contributed by atoms with van der Waals surface area (Å²) in [5.41, 5.74) is -1.63. The van der Waals surface area contributed by atoms with E-state index in [0.29, 0.717) is 19.3 Å². The van der Waals surface area contributed by atoms with Gasteiger partial charge in [0.1, 0.15) is 30.5 Å². The molecule has 2 bridgehead atoms. The number of carbonyl (C=O) groups is 2. The number of hydrogen-bond acceptors (Lipinski definition) is 6. The number of nitrogens with one attached hydrogen (secondary N) is 1. The lowest BCUT2D eigenvalue weighted by molar-refractivity contribution is -0.173. The number of halogens is 5. The van der Waals surface area contributed by atoms with E-state index in [1.807, 2.05) is 0 Å². The first kappa shape index (κ1) is 25.0. The summed E-state index contributed by atoms with van der Waals surface area (Å²) in [4.78, 5) is 36.2. The molecular weight excluding hydrogens is 498 g/mol. The van der Waals surface area contributed by atoms with Gasteiger partial charge in [-0.2, -0.15) is 18.3 Å². The molecule has 8 nitrogen and oxygen atoms in total. The maximum atomic E-state index is 13.4. The van der Waals surface area contributed by atoms with Crippen molar-refractivity contribution in [1.29, 1.82) is 0 Å². The number of carbonyl (C=O) groups excluding carboxylic acids is 2. The third-order valence-corrected chi connectivity index (χ3v) is 6.26. The zero-order valence-corrected chi connectivity index (χ0v) is 18.9. The molecule has 5 rings (SSSR count). The van der Waals surface area contributed by atoms with Gasteiger partial charge in [0.15, 0.2) is 12.4 Å². The van der Waals surface area contributed by atoms with Crippen LogP contribution in [0.3, 0.4) is 0 Å². The minimum Gasteiger partial charge on any atom is -0.486 e. The van der Waals surface area contributed by atoms with E-state index < -0.39 is 42.2 Å². The summed E-state index contributed by atoms with van der Waals surface area (Å²) in [7, 11) is 0. The third kappa shape index (κ3) is 5.92. The van der Waals surface area contributed by atoms with Crippen molar-refractivity contribution in [1.82, 2.24) is 15.1 Å². The fourth-order valence-electron chi connectivity index (χ4n) is 4.78. The van der Waals surface area contributed by atoms with Crippen molar-refractivity contribution in [3.63, 3.8) is 0 Å². The Kier molecular flexibility index (Phi) is 6.52. The average molecular weight is 518 g/mol. The van der Waals surface area contributed by atoms with Crippen molar-refractivity contribution in [2.24, 2.45) is 5.41 Å². The van der Waals surface area contributed by atoms with Crippen LogP contribution in [-0.2, 0) is 16.1 Å². The second-order valence-corrected chi connectivity index (χ2v) is 9.44. The van der Waals surface area contributed by atoms with Crippen LogP contribution in [0, 0.1) is 11.2 Å². The molecule has 0 saturated heterocycles. The highest BCUT2D eigenvalue weighted by Gasteiger charge is 2.68. The monoisotopic (exact) mass is 517 g/mol.